The molecule has 0 aliphatic rings. The third-order valence-electron chi connectivity index (χ3n) is 17.5. The SMILES string of the molecule is CC/C=C\C/C=C\C/C=C\C/C=C\C/C=C\C/C=C\C/C=C\C/C=C\C/C=C\CCCCCCCC(=O)OC(COC(=O)CCCCCCCCCCCCCCCCCCCCCCCCCCCCCCCCCCCCCCC)COC(OCC[N+](C)(C)C)C(=O)[O-]. The third kappa shape index (κ3) is 77.2. The maximum absolute atomic E-state index is 13.0. The molecule has 0 saturated heterocycles. The summed E-state index contributed by atoms with van der Waals surface area (Å²) in [6, 6.07) is 0. The molecule has 0 rings (SSSR count). The first-order valence-electron chi connectivity index (χ1n) is 40.0. The van der Waals surface area contributed by atoms with Crippen LogP contribution in [-0.2, 0) is 33.3 Å². The van der Waals surface area contributed by atoms with E-state index in [2.05, 4.69) is 123 Å². The number of hydrogen-bond donors (Lipinski definition) is 0. The van der Waals surface area contributed by atoms with Crippen molar-refractivity contribution in [1.82, 2.24) is 0 Å². The van der Waals surface area contributed by atoms with Crippen molar-refractivity contribution in [2.24, 2.45) is 0 Å². The lowest BCUT2D eigenvalue weighted by Crippen LogP contribution is -2.44. The van der Waals surface area contributed by atoms with Crippen LogP contribution in [0.4, 0.5) is 0 Å². The van der Waals surface area contributed by atoms with Gasteiger partial charge in [0.2, 0.25) is 0 Å². The number of hydrogen-bond acceptors (Lipinski definition) is 8. The highest BCUT2D eigenvalue weighted by atomic mass is 16.7. The number of aliphatic carboxylic acids is 1. The maximum Gasteiger partial charge on any atom is 0.306 e. The second-order valence-electron chi connectivity index (χ2n) is 28.0. The van der Waals surface area contributed by atoms with E-state index in [1.54, 1.807) is 0 Å². The molecule has 548 valence electrons. The number of likely N-dealkylation sites (N-methyl/N-ethyl adjacent to an activating group) is 1. The zero-order valence-corrected chi connectivity index (χ0v) is 62.8. The molecule has 0 aromatic carbocycles. The molecule has 2 atom stereocenters. The van der Waals surface area contributed by atoms with Crippen molar-refractivity contribution in [3.8, 4) is 0 Å². The van der Waals surface area contributed by atoms with Gasteiger partial charge in [0.25, 0.3) is 0 Å². The number of rotatable bonds is 74. The monoisotopic (exact) mass is 1330 g/mol. The van der Waals surface area contributed by atoms with E-state index in [1.165, 1.54) is 218 Å². The standard InChI is InChI=1S/C86H151NO8/c1-6-8-10-12-14-16-18-20-22-24-26-28-30-32-34-36-38-40-41-42-43-45-46-48-50-52-54-56-58-60-62-64-66-68-70-72-74-76-83(88)93-80-82(81-94-86(85(90)91)92-79-78-87(3,4)5)95-84(89)77-75-73-71-69-67-65-63-61-59-57-55-53-51-49-47-44-39-37-35-33-31-29-27-25-23-21-19-17-15-13-11-9-7-2/h9,11,15,17,21,23,27,29,33,35,39,44,49,51,55,57,61,63,82,86H,6-8,10,12-14,16,18-20,22,24-26,28,30-32,34,36-38,40-43,45-48,50,52-54,56,58-60,62,64-81H2,1-5H3/b11-9-,17-15-,23-21-,29-27-,35-33-,44-39-,51-49-,57-55-,63-61-. The summed E-state index contributed by atoms with van der Waals surface area (Å²) >= 11 is 0. The molecule has 9 heteroatoms. The molecule has 0 saturated carbocycles. The van der Waals surface area contributed by atoms with Gasteiger partial charge in [0, 0.05) is 12.8 Å². The zero-order valence-electron chi connectivity index (χ0n) is 62.8. The van der Waals surface area contributed by atoms with E-state index in [0.717, 1.165) is 109 Å². The number of carboxylic acid groups (broad SMARTS) is 1. The van der Waals surface area contributed by atoms with Gasteiger partial charge in [-0.05, 0) is 83.5 Å². The minimum atomic E-state index is -1.63. The van der Waals surface area contributed by atoms with E-state index in [1.807, 2.05) is 21.1 Å². The molecule has 0 amide bonds. The molecular weight excluding hydrogens is 1170 g/mol. The van der Waals surface area contributed by atoms with Crippen molar-refractivity contribution in [2.45, 2.75) is 373 Å². The number of nitrogens with zero attached hydrogens (tertiary/aromatic N) is 1. The fourth-order valence-electron chi connectivity index (χ4n) is 11.5. The lowest BCUT2D eigenvalue weighted by molar-refractivity contribution is -0.870. The summed E-state index contributed by atoms with van der Waals surface area (Å²) in [6.45, 7) is 4.65. The molecular formula is C86H151NO8. The molecule has 0 aliphatic carbocycles. The van der Waals surface area contributed by atoms with Gasteiger partial charge in [-0.3, -0.25) is 9.59 Å². The van der Waals surface area contributed by atoms with Crippen LogP contribution >= 0.6 is 0 Å². The highest BCUT2D eigenvalue weighted by molar-refractivity contribution is 5.70. The van der Waals surface area contributed by atoms with E-state index < -0.39 is 24.3 Å². The minimum absolute atomic E-state index is 0.140. The average Bonchev–Trinajstić information content (AvgIpc) is 3.75. The van der Waals surface area contributed by atoms with Crippen molar-refractivity contribution in [3.63, 3.8) is 0 Å². The lowest BCUT2D eigenvalue weighted by Gasteiger charge is -2.26. The number of allylic oxidation sites excluding steroid dienone is 18. The molecule has 0 aliphatic heterocycles. The van der Waals surface area contributed by atoms with Gasteiger partial charge in [0.05, 0.1) is 40.3 Å². The predicted molar refractivity (Wildman–Crippen MR) is 407 cm³/mol. The minimum Gasteiger partial charge on any atom is -0.545 e. The summed E-state index contributed by atoms with van der Waals surface area (Å²) in [6.07, 6.45) is 104. The normalized spacial score (nSPS) is 13.2. The van der Waals surface area contributed by atoms with Crippen LogP contribution in [0.1, 0.15) is 361 Å². The van der Waals surface area contributed by atoms with Crippen LogP contribution in [0.3, 0.4) is 0 Å². The Morgan fingerprint density at radius 1 is 0.326 bits per heavy atom. The smallest absolute Gasteiger partial charge is 0.306 e. The second kappa shape index (κ2) is 75.7. The van der Waals surface area contributed by atoms with Crippen molar-refractivity contribution in [1.29, 1.82) is 0 Å². The summed E-state index contributed by atoms with van der Waals surface area (Å²) in [5.41, 5.74) is 0. The Morgan fingerprint density at radius 2 is 0.600 bits per heavy atom. The molecule has 9 nitrogen and oxygen atoms in total. The average molecular weight is 1330 g/mol. The van der Waals surface area contributed by atoms with Crippen molar-refractivity contribution < 1.29 is 42.9 Å². The quantitative estimate of drug-likeness (QED) is 0.0195. The first-order valence-corrected chi connectivity index (χ1v) is 40.0. The summed E-state index contributed by atoms with van der Waals surface area (Å²) in [4.78, 5) is 37.6. The van der Waals surface area contributed by atoms with Gasteiger partial charge in [-0.25, -0.2) is 0 Å². The molecule has 0 fully saturated rings. The third-order valence-corrected chi connectivity index (χ3v) is 17.5. The Morgan fingerprint density at radius 3 is 0.895 bits per heavy atom. The Kier molecular flexibility index (Phi) is 72.5. The molecule has 0 heterocycles. The predicted octanol–water partition coefficient (Wildman–Crippen LogP) is 24.4. The summed E-state index contributed by atoms with van der Waals surface area (Å²) in [7, 11) is 5.93. The highest BCUT2D eigenvalue weighted by Gasteiger charge is 2.22. The molecule has 0 aromatic heterocycles. The zero-order chi connectivity index (χ0) is 69.0. The van der Waals surface area contributed by atoms with E-state index in [0.29, 0.717) is 17.4 Å². The number of carbonyl (C=O) groups is 3. The van der Waals surface area contributed by atoms with Crippen molar-refractivity contribution in [2.75, 3.05) is 47.5 Å². The fraction of sp³-hybridized carbons (Fsp3) is 0.756. The van der Waals surface area contributed by atoms with Crippen LogP contribution in [0, 0.1) is 0 Å². The maximum atomic E-state index is 13.0. The van der Waals surface area contributed by atoms with Crippen LogP contribution in [0.2, 0.25) is 0 Å². The number of unbranched alkanes of at least 4 members (excludes halogenated alkanes) is 41. The van der Waals surface area contributed by atoms with Gasteiger partial charge in [0.15, 0.2) is 12.4 Å². The Labute approximate surface area is 587 Å². The number of ether oxygens (including phenoxy) is 4. The van der Waals surface area contributed by atoms with E-state index in [4.69, 9.17) is 18.9 Å². The van der Waals surface area contributed by atoms with Gasteiger partial charge in [-0.15, -0.1) is 0 Å². The first kappa shape index (κ1) is 91.0. The van der Waals surface area contributed by atoms with Crippen molar-refractivity contribution >= 4 is 17.9 Å². The van der Waals surface area contributed by atoms with Gasteiger partial charge >= 0.3 is 11.9 Å². The second-order valence-corrected chi connectivity index (χ2v) is 28.0. The van der Waals surface area contributed by atoms with Crippen LogP contribution < -0.4 is 5.11 Å². The Hall–Kier alpha value is -4.05. The summed E-state index contributed by atoms with van der Waals surface area (Å²) in [5, 5.41) is 11.9. The van der Waals surface area contributed by atoms with Gasteiger partial charge in [-0.1, -0.05) is 374 Å². The lowest BCUT2D eigenvalue weighted by atomic mass is 10.0. The molecule has 0 spiro atoms. The van der Waals surface area contributed by atoms with Gasteiger partial charge in [-0.2, -0.15) is 0 Å². The number of carbonyl (C=O) groups excluding carboxylic acids is 3. The van der Waals surface area contributed by atoms with Crippen LogP contribution in [-0.4, -0.2) is 82.3 Å². The molecule has 0 N–H and O–H groups in total. The summed E-state index contributed by atoms with van der Waals surface area (Å²) in [5.74, 6) is -2.30. The number of quaternary nitrogens is 1. The highest BCUT2D eigenvalue weighted by Crippen LogP contribution is 2.19. The Balaban J connectivity index is 4.07. The number of esters is 2. The van der Waals surface area contributed by atoms with Gasteiger partial charge < -0.3 is 33.3 Å². The van der Waals surface area contributed by atoms with Crippen molar-refractivity contribution in [3.05, 3.63) is 109 Å². The van der Waals surface area contributed by atoms with E-state index in [9.17, 15) is 19.5 Å². The molecule has 0 bridgehead atoms. The molecule has 0 radical (unpaired) electrons. The van der Waals surface area contributed by atoms with Crippen LogP contribution in [0.15, 0.2) is 109 Å². The number of carboxylic acids is 1. The molecule has 2 unspecified atom stereocenters. The fourth-order valence-corrected chi connectivity index (χ4v) is 11.5. The molecule has 95 heavy (non-hydrogen) atoms. The van der Waals surface area contributed by atoms with Gasteiger partial charge in [0.1, 0.15) is 13.2 Å². The topological polar surface area (TPSA) is 111 Å². The Bertz CT molecular complexity index is 1930. The summed E-state index contributed by atoms with van der Waals surface area (Å²) < 4.78 is 22.8. The van der Waals surface area contributed by atoms with Crippen LogP contribution in [0.5, 0.6) is 0 Å². The van der Waals surface area contributed by atoms with E-state index >= 15 is 0 Å². The first-order chi connectivity index (χ1) is 46.6. The van der Waals surface area contributed by atoms with Crippen LogP contribution in [0.25, 0.3) is 0 Å². The molecule has 0 aromatic rings. The largest absolute Gasteiger partial charge is 0.545 e. The van der Waals surface area contributed by atoms with E-state index in [-0.39, 0.29) is 38.6 Å².